The summed E-state index contributed by atoms with van der Waals surface area (Å²) in [6.07, 6.45) is 4.20. The molecule has 1 aromatic rings. The highest BCUT2D eigenvalue weighted by atomic mass is 16.6. The Morgan fingerprint density at radius 1 is 1.12 bits per heavy atom. The van der Waals surface area contributed by atoms with Crippen LogP contribution in [0, 0.1) is 0 Å². The number of ether oxygens (including phenoxy) is 2. The fraction of sp³-hybridized carbons (Fsp3) is 0.550. The zero-order valence-electron chi connectivity index (χ0n) is 16.0. The molecule has 1 amide bonds. The summed E-state index contributed by atoms with van der Waals surface area (Å²) in [5.74, 6) is -1.63. The molecular formula is C20H29NO5. The van der Waals surface area contributed by atoms with Crippen molar-refractivity contribution in [3.63, 3.8) is 0 Å². The van der Waals surface area contributed by atoms with Gasteiger partial charge in [-0.15, -0.1) is 0 Å². The Morgan fingerprint density at radius 3 is 2.31 bits per heavy atom. The van der Waals surface area contributed by atoms with Crippen LogP contribution in [0.4, 0.5) is 0 Å². The molecule has 0 heterocycles. The molecule has 0 aliphatic carbocycles. The Morgan fingerprint density at radius 2 is 1.77 bits per heavy atom. The molecule has 0 aliphatic heterocycles. The van der Waals surface area contributed by atoms with Gasteiger partial charge in [-0.1, -0.05) is 56.5 Å². The number of carbonyl (C=O) groups is 3. The van der Waals surface area contributed by atoms with E-state index in [1.165, 1.54) is 14.0 Å². The van der Waals surface area contributed by atoms with E-state index in [2.05, 4.69) is 12.2 Å². The average Bonchev–Trinajstić information content (AvgIpc) is 2.62. The number of esters is 2. The Bertz CT molecular complexity index is 601. The lowest BCUT2D eigenvalue weighted by Crippen LogP contribution is -2.50. The fourth-order valence-electron chi connectivity index (χ4n) is 2.74. The molecule has 0 saturated carbocycles. The summed E-state index contributed by atoms with van der Waals surface area (Å²) < 4.78 is 10.1. The van der Waals surface area contributed by atoms with E-state index in [0.717, 1.165) is 25.7 Å². The van der Waals surface area contributed by atoms with Crippen LogP contribution in [-0.4, -0.2) is 30.6 Å². The Labute approximate surface area is 155 Å². The number of benzene rings is 1. The number of rotatable bonds is 10. The van der Waals surface area contributed by atoms with Gasteiger partial charge in [-0.05, 0) is 25.3 Å². The predicted molar refractivity (Wildman–Crippen MR) is 98.3 cm³/mol. The normalized spacial score (nSPS) is 14.0. The van der Waals surface area contributed by atoms with Gasteiger partial charge in [-0.25, -0.2) is 4.79 Å². The molecule has 0 radical (unpaired) electrons. The highest BCUT2D eigenvalue weighted by molar-refractivity contribution is 5.91. The molecule has 0 spiro atoms. The van der Waals surface area contributed by atoms with Crippen LogP contribution < -0.4 is 5.32 Å². The molecule has 1 rings (SSSR count). The summed E-state index contributed by atoms with van der Waals surface area (Å²) in [5.41, 5.74) is -0.732. The van der Waals surface area contributed by atoms with Crippen molar-refractivity contribution in [2.24, 2.45) is 0 Å². The van der Waals surface area contributed by atoms with Crippen molar-refractivity contribution in [2.75, 3.05) is 7.11 Å². The molecule has 144 valence electrons. The van der Waals surface area contributed by atoms with Crippen molar-refractivity contribution in [2.45, 2.75) is 64.5 Å². The van der Waals surface area contributed by atoms with Gasteiger partial charge in [0.05, 0.1) is 7.11 Å². The van der Waals surface area contributed by atoms with Crippen LogP contribution in [0.5, 0.6) is 0 Å². The van der Waals surface area contributed by atoms with Crippen LogP contribution in [0.1, 0.15) is 64.5 Å². The number of methoxy groups -OCH3 is 1. The molecule has 6 heteroatoms. The van der Waals surface area contributed by atoms with Gasteiger partial charge in [-0.2, -0.15) is 0 Å². The van der Waals surface area contributed by atoms with Gasteiger partial charge in [0.2, 0.25) is 0 Å². The summed E-state index contributed by atoms with van der Waals surface area (Å²) in [5, 5.41) is 2.68. The van der Waals surface area contributed by atoms with E-state index in [-0.39, 0.29) is 0 Å². The monoisotopic (exact) mass is 363 g/mol. The Balaban J connectivity index is 2.96. The third kappa shape index (κ3) is 6.50. The van der Waals surface area contributed by atoms with Crippen molar-refractivity contribution in [3.8, 4) is 0 Å². The molecule has 0 aliphatic rings. The van der Waals surface area contributed by atoms with Gasteiger partial charge in [-0.3, -0.25) is 9.59 Å². The summed E-state index contributed by atoms with van der Waals surface area (Å²) in [7, 11) is 1.26. The third-order valence-corrected chi connectivity index (χ3v) is 4.20. The molecular weight excluding hydrogens is 334 g/mol. The van der Waals surface area contributed by atoms with Crippen molar-refractivity contribution < 1.29 is 23.9 Å². The first-order chi connectivity index (χ1) is 12.3. The SMILES string of the molecule is CCCCCC[C@](C)(OC(C)=O)C(=O)N[C@@H](C(=O)OC)c1ccccc1. The topological polar surface area (TPSA) is 81.7 Å². The van der Waals surface area contributed by atoms with Gasteiger partial charge < -0.3 is 14.8 Å². The first-order valence-corrected chi connectivity index (χ1v) is 8.97. The van der Waals surface area contributed by atoms with Crippen LogP contribution >= 0.6 is 0 Å². The summed E-state index contributed by atoms with van der Waals surface area (Å²) in [4.78, 5) is 36.5. The zero-order chi connectivity index (χ0) is 19.6. The second kappa shape index (κ2) is 10.6. The molecule has 26 heavy (non-hydrogen) atoms. The molecule has 0 fully saturated rings. The minimum atomic E-state index is -1.33. The van der Waals surface area contributed by atoms with E-state index in [1.807, 2.05) is 6.07 Å². The van der Waals surface area contributed by atoms with Gasteiger partial charge in [0.25, 0.3) is 5.91 Å². The predicted octanol–water partition coefficient (Wildman–Crippen LogP) is 3.31. The highest BCUT2D eigenvalue weighted by Gasteiger charge is 2.38. The largest absolute Gasteiger partial charge is 0.467 e. The Kier molecular flexibility index (Phi) is 8.82. The molecule has 0 aromatic heterocycles. The minimum Gasteiger partial charge on any atom is -0.467 e. The zero-order valence-corrected chi connectivity index (χ0v) is 16.0. The van der Waals surface area contributed by atoms with Crippen molar-refractivity contribution >= 4 is 17.8 Å². The van der Waals surface area contributed by atoms with Crippen LogP contribution in [0.2, 0.25) is 0 Å². The van der Waals surface area contributed by atoms with Gasteiger partial charge in [0.1, 0.15) is 0 Å². The summed E-state index contributed by atoms with van der Waals surface area (Å²) >= 11 is 0. The van der Waals surface area contributed by atoms with Crippen LogP contribution in [0.15, 0.2) is 30.3 Å². The second-order valence-corrected chi connectivity index (χ2v) is 6.48. The van der Waals surface area contributed by atoms with Crippen LogP contribution in [0.3, 0.4) is 0 Å². The first-order valence-electron chi connectivity index (χ1n) is 8.97. The molecule has 1 N–H and O–H groups in total. The maximum atomic E-state index is 12.9. The number of nitrogens with one attached hydrogen (secondary N) is 1. The third-order valence-electron chi connectivity index (χ3n) is 4.20. The molecule has 0 unspecified atom stereocenters. The lowest BCUT2D eigenvalue weighted by molar-refractivity contribution is -0.167. The summed E-state index contributed by atoms with van der Waals surface area (Å²) in [6.45, 7) is 4.94. The van der Waals surface area contributed by atoms with E-state index in [4.69, 9.17) is 9.47 Å². The number of carbonyl (C=O) groups excluding carboxylic acids is 3. The van der Waals surface area contributed by atoms with Crippen molar-refractivity contribution in [3.05, 3.63) is 35.9 Å². The van der Waals surface area contributed by atoms with E-state index >= 15 is 0 Å². The van der Waals surface area contributed by atoms with Gasteiger partial charge >= 0.3 is 11.9 Å². The minimum absolute atomic E-state index is 0.390. The highest BCUT2D eigenvalue weighted by Crippen LogP contribution is 2.23. The standard InChI is InChI=1S/C20H29NO5/c1-5-6-7-11-14-20(3,26-15(2)22)19(24)21-17(18(23)25-4)16-12-9-8-10-13-16/h8-10,12-13,17H,5-7,11,14H2,1-4H3,(H,21,24)/t17-,20+/m1/s1. The van der Waals surface area contributed by atoms with E-state index in [9.17, 15) is 14.4 Å². The van der Waals surface area contributed by atoms with Crippen LogP contribution in [-0.2, 0) is 23.9 Å². The molecule has 6 nitrogen and oxygen atoms in total. The molecule has 0 saturated heterocycles. The smallest absolute Gasteiger partial charge is 0.333 e. The molecule has 1 aromatic carbocycles. The molecule has 0 bridgehead atoms. The van der Waals surface area contributed by atoms with Crippen molar-refractivity contribution in [1.82, 2.24) is 5.32 Å². The maximum Gasteiger partial charge on any atom is 0.333 e. The lowest BCUT2D eigenvalue weighted by Gasteiger charge is -2.30. The lowest BCUT2D eigenvalue weighted by atomic mass is 9.95. The molecule has 2 atom stereocenters. The van der Waals surface area contributed by atoms with Crippen LogP contribution in [0.25, 0.3) is 0 Å². The number of hydrogen-bond acceptors (Lipinski definition) is 5. The van der Waals surface area contributed by atoms with E-state index < -0.39 is 29.5 Å². The van der Waals surface area contributed by atoms with Crippen molar-refractivity contribution in [1.29, 1.82) is 0 Å². The first kappa shape index (κ1) is 21.7. The van der Waals surface area contributed by atoms with Gasteiger partial charge in [0, 0.05) is 6.92 Å². The maximum absolute atomic E-state index is 12.9. The summed E-state index contributed by atoms with van der Waals surface area (Å²) in [6, 6.07) is 7.86. The number of amides is 1. The van der Waals surface area contributed by atoms with E-state index in [1.54, 1.807) is 31.2 Å². The number of hydrogen-bond donors (Lipinski definition) is 1. The Hall–Kier alpha value is -2.37. The van der Waals surface area contributed by atoms with Gasteiger partial charge in [0.15, 0.2) is 11.6 Å². The second-order valence-electron chi connectivity index (χ2n) is 6.48. The van der Waals surface area contributed by atoms with E-state index in [0.29, 0.717) is 12.0 Å². The average molecular weight is 363 g/mol. The fourth-order valence-corrected chi connectivity index (χ4v) is 2.74. The number of unbranched alkanes of at least 4 members (excludes halogenated alkanes) is 3. The quantitative estimate of drug-likeness (QED) is 0.509.